The molecule has 0 radical (unpaired) electrons. The SMILES string of the molecule is COC(=O)c1ccc(NC(=O)c2cc(C)cc(Oc3ccccc3)c2)nc1. The Balaban J connectivity index is 1.75. The Bertz CT molecular complexity index is 954. The van der Waals surface area contributed by atoms with Gasteiger partial charge in [-0.05, 0) is 55.0 Å². The lowest BCUT2D eigenvalue weighted by Gasteiger charge is -2.10. The minimum Gasteiger partial charge on any atom is -0.465 e. The summed E-state index contributed by atoms with van der Waals surface area (Å²) in [7, 11) is 1.30. The van der Waals surface area contributed by atoms with Crippen LogP contribution in [0, 0.1) is 6.92 Å². The molecule has 0 aliphatic carbocycles. The largest absolute Gasteiger partial charge is 0.465 e. The molecule has 0 aliphatic heterocycles. The Morgan fingerprint density at radius 1 is 0.926 bits per heavy atom. The molecule has 3 rings (SSSR count). The maximum Gasteiger partial charge on any atom is 0.339 e. The van der Waals surface area contributed by atoms with Crippen molar-refractivity contribution < 1.29 is 19.1 Å². The van der Waals surface area contributed by atoms with Gasteiger partial charge in [0.25, 0.3) is 5.91 Å². The van der Waals surface area contributed by atoms with E-state index >= 15 is 0 Å². The number of para-hydroxylation sites is 1. The molecule has 6 nitrogen and oxygen atoms in total. The van der Waals surface area contributed by atoms with Gasteiger partial charge in [0.05, 0.1) is 12.7 Å². The zero-order valence-corrected chi connectivity index (χ0v) is 14.9. The highest BCUT2D eigenvalue weighted by atomic mass is 16.5. The molecule has 1 N–H and O–H groups in total. The first-order valence-corrected chi connectivity index (χ1v) is 8.25. The molecule has 0 bridgehead atoms. The fourth-order valence-electron chi connectivity index (χ4n) is 2.46. The van der Waals surface area contributed by atoms with Crippen LogP contribution < -0.4 is 10.1 Å². The van der Waals surface area contributed by atoms with Gasteiger partial charge in [0.15, 0.2) is 0 Å². The number of aryl methyl sites for hydroxylation is 1. The standard InChI is InChI=1S/C21H18N2O4/c1-14-10-16(12-18(11-14)27-17-6-4-3-5-7-17)20(24)23-19-9-8-15(13-22-19)21(25)26-2/h3-13H,1-2H3,(H,22,23,24). The Kier molecular flexibility index (Phi) is 5.47. The van der Waals surface area contributed by atoms with Crippen LogP contribution in [0.1, 0.15) is 26.3 Å². The lowest BCUT2D eigenvalue weighted by Crippen LogP contribution is -2.13. The van der Waals surface area contributed by atoms with Crippen LogP contribution in [0.2, 0.25) is 0 Å². The number of nitrogens with zero attached hydrogens (tertiary/aromatic N) is 1. The van der Waals surface area contributed by atoms with Crippen molar-refractivity contribution in [3.05, 3.63) is 83.6 Å². The molecule has 27 heavy (non-hydrogen) atoms. The summed E-state index contributed by atoms with van der Waals surface area (Å²) in [6.45, 7) is 1.89. The molecule has 1 aromatic heterocycles. The summed E-state index contributed by atoms with van der Waals surface area (Å²) in [5.41, 5.74) is 1.65. The number of esters is 1. The number of carbonyl (C=O) groups is 2. The second-order valence-electron chi connectivity index (χ2n) is 5.83. The molecule has 0 spiro atoms. The maximum atomic E-state index is 12.5. The minimum absolute atomic E-state index is 0.310. The first-order chi connectivity index (χ1) is 13.0. The monoisotopic (exact) mass is 362 g/mol. The summed E-state index contributed by atoms with van der Waals surface area (Å²) >= 11 is 0. The molecule has 6 heteroatoms. The van der Waals surface area contributed by atoms with Gasteiger partial charge in [-0.3, -0.25) is 4.79 Å². The molecule has 0 aliphatic rings. The lowest BCUT2D eigenvalue weighted by molar-refractivity contribution is 0.0600. The number of amides is 1. The van der Waals surface area contributed by atoms with Gasteiger partial charge in [-0.25, -0.2) is 9.78 Å². The summed E-state index contributed by atoms with van der Waals surface area (Å²) in [5.74, 6) is 0.784. The van der Waals surface area contributed by atoms with Crippen molar-refractivity contribution in [2.45, 2.75) is 6.92 Å². The number of aromatic nitrogens is 1. The molecule has 0 fully saturated rings. The number of hydrogen-bond acceptors (Lipinski definition) is 5. The van der Waals surface area contributed by atoms with Gasteiger partial charge in [0, 0.05) is 11.8 Å². The van der Waals surface area contributed by atoms with E-state index in [4.69, 9.17) is 4.74 Å². The molecule has 1 amide bonds. The molecular formula is C21H18N2O4. The van der Waals surface area contributed by atoms with Gasteiger partial charge in [0.2, 0.25) is 0 Å². The molecule has 0 unspecified atom stereocenters. The number of benzene rings is 2. The predicted molar refractivity (Wildman–Crippen MR) is 101 cm³/mol. The van der Waals surface area contributed by atoms with Crippen molar-refractivity contribution in [3.8, 4) is 11.5 Å². The van der Waals surface area contributed by atoms with Crippen molar-refractivity contribution in [1.82, 2.24) is 4.98 Å². The molecule has 0 atom stereocenters. The van der Waals surface area contributed by atoms with Crippen molar-refractivity contribution in [3.63, 3.8) is 0 Å². The third-order valence-corrected chi connectivity index (χ3v) is 3.72. The van der Waals surface area contributed by atoms with Crippen LogP contribution >= 0.6 is 0 Å². The van der Waals surface area contributed by atoms with Crippen molar-refractivity contribution in [2.75, 3.05) is 12.4 Å². The fourth-order valence-corrected chi connectivity index (χ4v) is 2.46. The molecule has 3 aromatic rings. The van der Waals surface area contributed by atoms with E-state index in [-0.39, 0.29) is 5.91 Å². The van der Waals surface area contributed by atoms with E-state index in [0.29, 0.717) is 28.4 Å². The van der Waals surface area contributed by atoms with Crippen molar-refractivity contribution in [2.24, 2.45) is 0 Å². The number of carbonyl (C=O) groups excluding carboxylic acids is 2. The number of pyridine rings is 1. The zero-order valence-electron chi connectivity index (χ0n) is 14.9. The maximum absolute atomic E-state index is 12.5. The van der Waals surface area contributed by atoms with Gasteiger partial charge in [-0.2, -0.15) is 0 Å². The Labute approximate surface area is 156 Å². The highest BCUT2D eigenvalue weighted by Gasteiger charge is 2.11. The highest BCUT2D eigenvalue weighted by Crippen LogP contribution is 2.24. The second-order valence-corrected chi connectivity index (χ2v) is 5.83. The van der Waals surface area contributed by atoms with Crippen LogP contribution in [0.4, 0.5) is 5.82 Å². The van der Waals surface area contributed by atoms with Gasteiger partial charge < -0.3 is 14.8 Å². The molecule has 2 aromatic carbocycles. The van der Waals surface area contributed by atoms with Crippen LogP contribution in [0.3, 0.4) is 0 Å². The fraction of sp³-hybridized carbons (Fsp3) is 0.0952. The summed E-state index contributed by atoms with van der Waals surface area (Å²) in [6, 6.07) is 17.7. The number of anilines is 1. The van der Waals surface area contributed by atoms with Crippen LogP contribution in [0.15, 0.2) is 66.9 Å². The minimum atomic E-state index is -0.484. The Morgan fingerprint density at radius 2 is 1.70 bits per heavy atom. The number of nitrogens with one attached hydrogen (secondary N) is 1. The van der Waals surface area contributed by atoms with E-state index < -0.39 is 5.97 Å². The van der Waals surface area contributed by atoms with E-state index in [2.05, 4.69) is 15.0 Å². The van der Waals surface area contributed by atoms with Gasteiger partial charge in [-0.1, -0.05) is 18.2 Å². The van der Waals surface area contributed by atoms with E-state index in [9.17, 15) is 9.59 Å². The smallest absolute Gasteiger partial charge is 0.339 e. The Hall–Kier alpha value is -3.67. The predicted octanol–water partition coefficient (Wildman–Crippen LogP) is 4.22. The van der Waals surface area contributed by atoms with Crippen LogP contribution in [0.25, 0.3) is 0 Å². The average Bonchev–Trinajstić information content (AvgIpc) is 2.68. The topological polar surface area (TPSA) is 77.5 Å². The van der Waals surface area contributed by atoms with Gasteiger partial charge in [0.1, 0.15) is 17.3 Å². The van der Waals surface area contributed by atoms with E-state index in [1.54, 1.807) is 18.2 Å². The number of methoxy groups -OCH3 is 1. The zero-order chi connectivity index (χ0) is 19.2. The quantitative estimate of drug-likeness (QED) is 0.688. The summed E-state index contributed by atoms with van der Waals surface area (Å²) in [4.78, 5) is 28.0. The first-order valence-electron chi connectivity index (χ1n) is 8.25. The second kappa shape index (κ2) is 8.14. The number of rotatable bonds is 5. The van der Waals surface area contributed by atoms with Crippen molar-refractivity contribution >= 4 is 17.7 Å². The van der Waals surface area contributed by atoms with Crippen LogP contribution in [-0.4, -0.2) is 24.0 Å². The van der Waals surface area contributed by atoms with Crippen molar-refractivity contribution in [1.29, 1.82) is 0 Å². The third kappa shape index (κ3) is 4.70. The average molecular weight is 362 g/mol. The molecular weight excluding hydrogens is 344 g/mol. The highest BCUT2D eigenvalue weighted by molar-refractivity contribution is 6.04. The summed E-state index contributed by atoms with van der Waals surface area (Å²) < 4.78 is 10.4. The number of ether oxygens (including phenoxy) is 2. The summed E-state index contributed by atoms with van der Waals surface area (Å²) in [5, 5.41) is 2.70. The molecule has 136 valence electrons. The molecule has 0 saturated carbocycles. The third-order valence-electron chi connectivity index (χ3n) is 3.72. The van der Waals surface area contributed by atoms with E-state index in [0.717, 1.165) is 5.56 Å². The summed E-state index contributed by atoms with van der Waals surface area (Å²) in [6.07, 6.45) is 1.35. The lowest BCUT2D eigenvalue weighted by atomic mass is 10.1. The molecule has 1 heterocycles. The number of hydrogen-bond donors (Lipinski definition) is 1. The Morgan fingerprint density at radius 3 is 2.37 bits per heavy atom. The van der Waals surface area contributed by atoms with E-state index in [1.807, 2.05) is 43.3 Å². The molecule has 0 saturated heterocycles. The normalized spacial score (nSPS) is 10.1. The van der Waals surface area contributed by atoms with Gasteiger partial charge in [-0.15, -0.1) is 0 Å². The van der Waals surface area contributed by atoms with E-state index in [1.165, 1.54) is 19.4 Å². The van der Waals surface area contributed by atoms with Gasteiger partial charge >= 0.3 is 5.97 Å². The first kappa shape index (κ1) is 18.1. The van der Waals surface area contributed by atoms with Crippen LogP contribution in [-0.2, 0) is 4.74 Å². The van der Waals surface area contributed by atoms with Crippen LogP contribution in [0.5, 0.6) is 11.5 Å².